The largest absolute Gasteiger partial charge is 0.481 e. The first-order chi connectivity index (χ1) is 10.6. The SMILES string of the molecule is NC(=O)CCC(NC(=O)C(N)CCC(=O)O)C(=O)NCC(=O)O. The molecule has 3 amide bonds. The summed E-state index contributed by atoms with van der Waals surface area (Å²) in [6.45, 7) is -0.660. The van der Waals surface area contributed by atoms with E-state index in [0.29, 0.717) is 0 Å². The molecule has 0 aliphatic rings. The monoisotopic (exact) mass is 332 g/mol. The summed E-state index contributed by atoms with van der Waals surface area (Å²) in [5.41, 5.74) is 10.5. The molecular formula is C12H20N4O7. The van der Waals surface area contributed by atoms with Gasteiger partial charge in [0.15, 0.2) is 0 Å². The van der Waals surface area contributed by atoms with Crippen molar-refractivity contribution >= 4 is 29.7 Å². The third-order valence-electron chi connectivity index (χ3n) is 2.73. The molecule has 2 atom stereocenters. The summed E-state index contributed by atoms with van der Waals surface area (Å²) in [7, 11) is 0. The fourth-order valence-electron chi connectivity index (χ4n) is 1.53. The molecule has 0 aliphatic heterocycles. The van der Waals surface area contributed by atoms with E-state index in [-0.39, 0.29) is 25.7 Å². The number of carbonyl (C=O) groups excluding carboxylic acids is 3. The Bertz CT molecular complexity index is 480. The minimum absolute atomic E-state index is 0.138. The van der Waals surface area contributed by atoms with Crippen molar-refractivity contribution in [3.8, 4) is 0 Å². The van der Waals surface area contributed by atoms with Crippen molar-refractivity contribution in [1.29, 1.82) is 0 Å². The number of nitrogens with one attached hydrogen (secondary N) is 2. The van der Waals surface area contributed by atoms with E-state index in [4.69, 9.17) is 21.7 Å². The number of hydrogen-bond acceptors (Lipinski definition) is 6. The predicted octanol–water partition coefficient (Wildman–Crippen LogP) is -2.87. The van der Waals surface area contributed by atoms with Gasteiger partial charge in [-0.3, -0.25) is 24.0 Å². The zero-order valence-corrected chi connectivity index (χ0v) is 12.3. The summed E-state index contributed by atoms with van der Waals surface area (Å²) in [5, 5.41) is 21.3. The van der Waals surface area contributed by atoms with Gasteiger partial charge in [-0.1, -0.05) is 0 Å². The highest BCUT2D eigenvalue weighted by Crippen LogP contribution is 2.01. The van der Waals surface area contributed by atoms with Crippen LogP contribution in [0.1, 0.15) is 25.7 Å². The van der Waals surface area contributed by atoms with Crippen LogP contribution in [0.15, 0.2) is 0 Å². The van der Waals surface area contributed by atoms with Gasteiger partial charge in [0.1, 0.15) is 12.6 Å². The van der Waals surface area contributed by atoms with E-state index in [0.717, 1.165) is 0 Å². The summed E-state index contributed by atoms with van der Waals surface area (Å²) in [4.78, 5) is 55.2. The minimum atomic E-state index is -1.28. The number of nitrogens with two attached hydrogens (primary N) is 2. The lowest BCUT2D eigenvalue weighted by Gasteiger charge is -2.19. The molecule has 0 aromatic carbocycles. The van der Waals surface area contributed by atoms with Gasteiger partial charge < -0.3 is 32.3 Å². The smallest absolute Gasteiger partial charge is 0.322 e. The van der Waals surface area contributed by atoms with Gasteiger partial charge in [0, 0.05) is 12.8 Å². The number of amides is 3. The second-order valence-corrected chi connectivity index (χ2v) is 4.72. The van der Waals surface area contributed by atoms with Crippen molar-refractivity contribution in [3.05, 3.63) is 0 Å². The summed E-state index contributed by atoms with van der Waals surface area (Å²) < 4.78 is 0. The summed E-state index contributed by atoms with van der Waals surface area (Å²) >= 11 is 0. The summed E-state index contributed by atoms with van der Waals surface area (Å²) in [6, 6.07) is -2.36. The normalized spacial score (nSPS) is 12.7. The molecule has 0 saturated heterocycles. The quantitative estimate of drug-likeness (QED) is 0.231. The number of carboxylic acids is 2. The lowest BCUT2D eigenvalue weighted by molar-refractivity contribution is -0.138. The molecule has 23 heavy (non-hydrogen) atoms. The van der Waals surface area contributed by atoms with E-state index in [2.05, 4.69) is 10.6 Å². The average molecular weight is 332 g/mol. The van der Waals surface area contributed by atoms with Crippen LogP contribution < -0.4 is 22.1 Å². The standard InChI is InChI=1S/C12H20N4O7/c13-6(1-4-9(18)19)11(22)16-7(2-3-8(14)17)12(23)15-5-10(20)21/h6-7H,1-5,13H2,(H2,14,17)(H,15,23)(H,16,22)(H,18,19)(H,20,21). The van der Waals surface area contributed by atoms with Gasteiger partial charge >= 0.3 is 11.9 Å². The molecule has 0 aliphatic carbocycles. The molecule has 0 aromatic heterocycles. The molecule has 0 heterocycles. The molecule has 11 heteroatoms. The summed E-state index contributed by atoms with van der Waals surface area (Å²) in [6.07, 6.45) is -0.819. The van der Waals surface area contributed by atoms with Crippen LogP contribution in [0.3, 0.4) is 0 Å². The highest BCUT2D eigenvalue weighted by atomic mass is 16.4. The zero-order chi connectivity index (χ0) is 18.0. The average Bonchev–Trinajstić information content (AvgIpc) is 2.45. The van der Waals surface area contributed by atoms with Gasteiger partial charge in [-0.05, 0) is 12.8 Å². The number of rotatable bonds is 11. The number of primary amides is 1. The maximum absolute atomic E-state index is 11.8. The van der Waals surface area contributed by atoms with Crippen molar-refractivity contribution in [2.45, 2.75) is 37.8 Å². The number of hydrogen-bond donors (Lipinski definition) is 6. The highest BCUT2D eigenvalue weighted by Gasteiger charge is 2.24. The molecule has 0 radical (unpaired) electrons. The van der Waals surface area contributed by atoms with E-state index in [1.165, 1.54) is 0 Å². The Hall–Kier alpha value is -2.69. The fraction of sp³-hybridized carbons (Fsp3) is 0.583. The highest BCUT2D eigenvalue weighted by molar-refractivity contribution is 5.91. The third-order valence-corrected chi connectivity index (χ3v) is 2.73. The molecule has 0 aromatic rings. The molecule has 2 unspecified atom stereocenters. The molecular weight excluding hydrogens is 312 g/mol. The topological polar surface area (TPSA) is 202 Å². The summed E-state index contributed by atoms with van der Waals surface area (Å²) in [5.74, 6) is -4.71. The van der Waals surface area contributed by atoms with Crippen LogP contribution in [0.5, 0.6) is 0 Å². The Morgan fingerprint density at radius 3 is 2.00 bits per heavy atom. The van der Waals surface area contributed by atoms with Crippen LogP contribution in [0.2, 0.25) is 0 Å². The van der Waals surface area contributed by atoms with Gasteiger partial charge in [0.25, 0.3) is 0 Å². The Labute approximate surface area is 131 Å². The van der Waals surface area contributed by atoms with Crippen molar-refractivity contribution < 1.29 is 34.2 Å². The first-order valence-corrected chi connectivity index (χ1v) is 6.69. The Morgan fingerprint density at radius 2 is 1.52 bits per heavy atom. The van der Waals surface area contributed by atoms with Crippen molar-refractivity contribution in [2.75, 3.05) is 6.54 Å². The van der Waals surface area contributed by atoms with Crippen LogP contribution in [-0.4, -0.2) is 58.5 Å². The van der Waals surface area contributed by atoms with Crippen LogP contribution in [0, 0.1) is 0 Å². The van der Waals surface area contributed by atoms with E-state index < -0.39 is 48.3 Å². The van der Waals surface area contributed by atoms with Crippen LogP contribution >= 0.6 is 0 Å². The molecule has 0 fully saturated rings. The van der Waals surface area contributed by atoms with Gasteiger partial charge in [0.05, 0.1) is 6.04 Å². The first-order valence-electron chi connectivity index (χ1n) is 6.69. The second kappa shape index (κ2) is 10.1. The van der Waals surface area contributed by atoms with Crippen LogP contribution in [0.4, 0.5) is 0 Å². The molecule has 130 valence electrons. The molecule has 0 saturated carbocycles. The second-order valence-electron chi connectivity index (χ2n) is 4.72. The number of aliphatic carboxylic acids is 2. The van der Waals surface area contributed by atoms with Crippen LogP contribution in [0.25, 0.3) is 0 Å². The number of carboxylic acid groups (broad SMARTS) is 2. The fourth-order valence-corrected chi connectivity index (χ4v) is 1.53. The van der Waals surface area contributed by atoms with E-state index in [1.54, 1.807) is 0 Å². The molecule has 11 nitrogen and oxygen atoms in total. The first kappa shape index (κ1) is 20.3. The van der Waals surface area contributed by atoms with Gasteiger partial charge in [-0.15, -0.1) is 0 Å². The van der Waals surface area contributed by atoms with Gasteiger partial charge in [-0.25, -0.2) is 0 Å². The van der Waals surface area contributed by atoms with E-state index >= 15 is 0 Å². The number of carbonyl (C=O) groups is 5. The van der Waals surface area contributed by atoms with E-state index in [9.17, 15) is 24.0 Å². The lowest BCUT2D eigenvalue weighted by Crippen LogP contribution is -2.52. The Kier molecular flexibility index (Phi) is 8.92. The van der Waals surface area contributed by atoms with Crippen molar-refractivity contribution in [3.63, 3.8) is 0 Å². The predicted molar refractivity (Wildman–Crippen MR) is 75.8 cm³/mol. The van der Waals surface area contributed by atoms with E-state index in [1.807, 2.05) is 0 Å². The van der Waals surface area contributed by atoms with Gasteiger partial charge in [0.2, 0.25) is 17.7 Å². The maximum atomic E-state index is 11.8. The third kappa shape index (κ3) is 9.79. The zero-order valence-electron chi connectivity index (χ0n) is 12.3. The molecule has 0 bridgehead atoms. The minimum Gasteiger partial charge on any atom is -0.481 e. The van der Waals surface area contributed by atoms with Crippen molar-refractivity contribution in [2.24, 2.45) is 11.5 Å². The van der Waals surface area contributed by atoms with Gasteiger partial charge in [-0.2, -0.15) is 0 Å². The lowest BCUT2D eigenvalue weighted by atomic mass is 10.1. The maximum Gasteiger partial charge on any atom is 0.322 e. The van der Waals surface area contributed by atoms with Crippen molar-refractivity contribution in [1.82, 2.24) is 10.6 Å². The van der Waals surface area contributed by atoms with Crippen LogP contribution in [-0.2, 0) is 24.0 Å². The Morgan fingerprint density at radius 1 is 0.913 bits per heavy atom. The Balaban J connectivity index is 4.68. The molecule has 0 rings (SSSR count). The molecule has 8 N–H and O–H groups in total. The molecule has 0 spiro atoms.